The zero-order valence-electron chi connectivity index (χ0n) is 9.52. The molecule has 0 saturated carbocycles. The monoisotopic (exact) mass is 340 g/mol. The molecule has 0 amide bonds. The number of rotatable bonds is 4. The first-order chi connectivity index (χ1) is 7.72. The molecule has 96 valence electrons. The van der Waals surface area contributed by atoms with Crippen LogP contribution in [0.2, 0.25) is 5.02 Å². The molecule has 17 heavy (non-hydrogen) atoms. The summed E-state index contributed by atoms with van der Waals surface area (Å²) in [6, 6.07) is 6.54. The lowest BCUT2D eigenvalue weighted by molar-refractivity contribution is 0.160. The van der Waals surface area contributed by atoms with Crippen LogP contribution < -0.4 is 0 Å². The molecule has 1 rings (SSSR count). The van der Waals surface area contributed by atoms with Crippen molar-refractivity contribution in [2.24, 2.45) is 0 Å². The second-order valence-corrected chi connectivity index (χ2v) is 8.52. The van der Waals surface area contributed by atoms with Gasteiger partial charge in [-0.15, -0.1) is 0 Å². The van der Waals surface area contributed by atoms with E-state index in [4.69, 9.17) is 11.6 Å². The Kier molecular flexibility index (Phi) is 4.63. The minimum Gasteiger partial charge on any atom is -0.386 e. The van der Waals surface area contributed by atoms with Crippen molar-refractivity contribution in [3.8, 4) is 0 Å². The number of hydrogen-bond donors (Lipinski definition) is 1. The predicted molar refractivity (Wildman–Crippen MR) is 73.2 cm³/mol. The lowest BCUT2D eigenvalue weighted by atomic mass is 10.1. The van der Waals surface area contributed by atoms with Crippen LogP contribution >= 0.6 is 27.5 Å². The second-order valence-electron chi connectivity index (χ2n) is 3.87. The minimum atomic E-state index is -3.45. The van der Waals surface area contributed by atoms with Gasteiger partial charge in [0.2, 0.25) is 0 Å². The molecule has 0 saturated heterocycles. The molecule has 0 spiro atoms. The van der Waals surface area contributed by atoms with Crippen LogP contribution in [0.4, 0.5) is 0 Å². The fourth-order valence-electron chi connectivity index (χ4n) is 1.58. The molecule has 0 aromatic heterocycles. The highest BCUT2D eigenvalue weighted by Crippen LogP contribution is 2.41. The quantitative estimate of drug-likeness (QED) is 0.857. The topological polar surface area (TPSA) is 54.4 Å². The zero-order valence-corrected chi connectivity index (χ0v) is 12.7. The molecule has 3 nitrogen and oxygen atoms in total. The lowest BCUT2D eigenvalue weighted by Crippen LogP contribution is -2.37. The molecule has 1 N–H and O–H groups in total. The summed E-state index contributed by atoms with van der Waals surface area (Å²) in [5, 5.41) is 10.7. The van der Waals surface area contributed by atoms with Gasteiger partial charge in [-0.1, -0.05) is 46.6 Å². The van der Waals surface area contributed by atoms with E-state index in [-0.39, 0.29) is 6.42 Å². The Bertz CT molecular complexity index is 503. The van der Waals surface area contributed by atoms with Crippen molar-refractivity contribution in [2.45, 2.75) is 23.1 Å². The molecular weight excluding hydrogens is 328 g/mol. The number of sulfone groups is 1. The molecule has 0 aliphatic carbocycles. The Hall–Kier alpha value is -0.100. The van der Waals surface area contributed by atoms with Gasteiger partial charge in [0.25, 0.3) is 0 Å². The fourth-order valence-corrected chi connectivity index (χ4v) is 3.11. The van der Waals surface area contributed by atoms with Crippen molar-refractivity contribution in [3.63, 3.8) is 0 Å². The standard InChI is InChI=1S/C11H14BrClO3S/c1-3-11(12,17(2,15)16)10(14)8-5-4-6-9(13)7-8/h4-7,10,14H,3H2,1-2H3. The van der Waals surface area contributed by atoms with Crippen LogP contribution in [0, 0.1) is 0 Å². The highest BCUT2D eigenvalue weighted by Gasteiger charge is 2.44. The van der Waals surface area contributed by atoms with Crippen molar-refractivity contribution in [2.75, 3.05) is 6.26 Å². The van der Waals surface area contributed by atoms with Crippen molar-refractivity contribution in [3.05, 3.63) is 34.9 Å². The van der Waals surface area contributed by atoms with E-state index in [1.165, 1.54) is 0 Å². The summed E-state index contributed by atoms with van der Waals surface area (Å²) >= 11 is 8.97. The summed E-state index contributed by atoms with van der Waals surface area (Å²) < 4.78 is 22.1. The molecule has 1 aromatic carbocycles. The van der Waals surface area contributed by atoms with Crippen molar-refractivity contribution >= 4 is 37.4 Å². The average Bonchev–Trinajstić information content (AvgIpc) is 2.25. The van der Waals surface area contributed by atoms with Gasteiger partial charge in [0.15, 0.2) is 13.5 Å². The molecule has 6 heteroatoms. The van der Waals surface area contributed by atoms with E-state index in [0.29, 0.717) is 10.6 Å². The van der Waals surface area contributed by atoms with Gasteiger partial charge in [0.05, 0.1) is 0 Å². The molecule has 0 bridgehead atoms. The van der Waals surface area contributed by atoms with Gasteiger partial charge >= 0.3 is 0 Å². The van der Waals surface area contributed by atoms with E-state index in [9.17, 15) is 13.5 Å². The Morgan fingerprint density at radius 3 is 2.53 bits per heavy atom. The molecule has 2 unspecified atom stereocenters. The number of hydrogen-bond acceptors (Lipinski definition) is 3. The molecule has 2 atom stereocenters. The summed E-state index contributed by atoms with van der Waals surface area (Å²) in [5.41, 5.74) is 0.474. The third kappa shape index (κ3) is 3.02. The summed E-state index contributed by atoms with van der Waals surface area (Å²) in [7, 11) is -3.45. The van der Waals surface area contributed by atoms with Crippen molar-refractivity contribution < 1.29 is 13.5 Å². The molecule has 0 heterocycles. The predicted octanol–water partition coefficient (Wildman–Crippen LogP) is 2.92. The zero-order chi connectivity index (χ0) is 13.3. The van der Waals surface area contributed by atoms with Crippen LogP contribution in [0.1, 0.15) is 25.0 Å². The van der Waals surface area contributed by atoms with E-state index in [1.54, 1.807) is 31.2 Å². The summed E-state index contributed by atoms with van der Waals surface area (Å²) in [6.07, 6.45) is 0.180. The summed E-state index contributed by atoms with van der Waals surface area (Å²) in [4.78, 5) is 0. The number of halogens is 2. The van der Waals surface area contributed by atoms with Gasteiger partial charge in [0.1, 0.15) is 6.10 Å². The molecule has 0 radical (unpaired) electrons. The Morgan fingerprint density at radius 1 is 1.53 bits per heavy atom. The van der Waals surface area contributed by atoms with Gasteiger partial charge in [-0.2, -0.15) is 0 Å². The highest BCUT2D eigenvalue weighted by molar-refractivity contribution is 9.11. The van der Waals surface area contributed by atoms with Crippen molar-refractivity contribution in [1.29, 1.82) is 0 Å². The molecule has 0 fully saturated rings. The van der Waals surface area contributed by atoms with Gasteiger partial charge < -0.3 is 5.11 Å². The van der Waals surface area contributed by atoms with Crippen LogP contribution in [-0.4, -0.2) is 23.4 Å². The van der Waals surface area contributed by atoms with E-state index in [1.807, 2.05) is 0 Å². The Morgan fingerprint density at radius 2 is 2.12 bits per heavy atom. The van der Waals surface area contributed by atoms with E-state index >= 15 is 0 Å². The van der Waals surface area contributed by atoms with Gasteiger partial charge in [-0.25, -0.2) is 8.42 Å². The SMILES string of the molecule is CCC(Br)(C(O)c1cccc(Cl)c1)S(C)(=O)=O. The van der Waals surface area contributed by atoms with E-state index in [2.05, 4.69) is 15.9 Å². The number of aliphatic hydroxyl groups is 1. The van der Waals surface area contributed by atoms with Crippen LogP contribution in [0.5, 0.6) is 0 Å². The normalized spacial score (nSPS) is 17.5. The number of aliphatic hydroxyl groups excluding tert-OH is 1. The largest absolute Gasteiger partial charge is 0.386 e. The average molecular weight is 342 g/mol. The maximum Gasteiger partial charge on any atom is 0.166 e. The number of benzene rings is 1. The minimum absolute atomic E-state index is 0.250. The van der Waals surface area contributed by atoms with Crippen LogP contribution in [0.15, 0.2) is 24.3 Å². The van der Waals surface area contributed by atoms with Crippen molar-refractivity contribution in [1.82, 2.24) is 0 Å². The maximum absolute atomic E-state index is 11.7. The summed E-state index contributed by atoms with van der Waals surface area (Å²) in [6.45, 7) is 1.70. The summed E-state index contributed by atoms with van der Waals surface area (Å²) in [5.74, 6) is 0. The van der Waals surface area contributed by atoms with Gasteiger partial charge in [-0.3, -0.25) is 0 Å². The fraction of sp³-hybridized carbons (Fsp3) is 0.455. The third-order valence-electron chi connectivity index (χ3n) is 2.67. The van der Waals surface area contributed by atoms with Gasteiger partial charge in [0, 0.05) is 11.3 Å². The van der Waals surface area contributed by atoms with Crippen LogP contribution in [0.3, 0.4) is 0 Å². The lowest BCUT2D eigenvalue weighted by Gasteiger charge is -2.30. The first kappa shape index (κ1) is 15.0. The first-order valence-electron chi connectivity index (χ1n) is 5.04. The molecular formula is C11H14BrClO3S. The van der Waals surface area contributed by atoms with E-state index in [0.717, 1.165) is 6.26 Å². The Balaban J connectivity index is 3.24. The molecule has 0 aliphatic rings. The maximum atomic E-state index is 11.7. The van der Waals surface area contributed by atoms with Crippen LogP contribution in [0.25, 0.3) is 0 Å². The second kappa shape index (κ2) is 5.26. The smallest absolute Gasteiger partial charge is 0.166 e. The van der Waals surface area contributed by atoms with E-state index < -0.39 is 19.6 Å². The molecule has 1 aromatic rings. The molecule has 0 aliphatic heterocycles. The third-order valence-corrected chi connectivity index (χ3v) is 7.41. The Labute approximate surface area is 115 Å². The number of alkyl halides is 1. The first-order valence-corrected chi connectivity index (χ1v) is 8.10. The van der Waals surface area contributed by atoms with Crippen LogP contribution in [-0.2, 0) is 9.84 Å². The highest BCUT2D eigenvalue weighted by atomic mass is 79.9. The van der Waals surface area contributed by atoms with Gasteiger partial charge in [-0.05, 0) is 24.1 Å².